The Morgan fingerprint density at radius 1 is 1.00 bits per heavy atom. The predicted octanol–water partition coefficient (Wildman–Crippen LogP) is 6.97. The predicted molar refractivity (Wildman–Crippen MR) is 169 cm³/mol. The lowest BCUT2D eigenvalue weighted by atomic mass is 10.0. The van der Waals surface area contributed by atoms with Crippen molar-refractivity contribution in [2.24, 2.45) is 0 Å². The topological polar surface area (TPSA) is 132 Å². The summed E-state index contributed by atoms with van der Waals surface area (Å²) in [4.78, 5) is 23.4. The van der Waals surface area contributed by atoms with Crippen LogP contribution >= 0.6 is 11.7 Å². The number of rotatable bonds is 13. The molecule has 2 heterocycles. The molecular weight excluding hydrogens is 588 g/mol. The molecule has 0 unspecified atom stereocenters. The average Bonchev–Trinajstić information content (AvgIpc) is 3.58. The highest BCUT2D eigenvalue weighted by atomic mass is 32.2. The van der Waals surface area contributed by atoms with E-state index in [1.54, 1.807) is 47.0 Å². The van der Waals surface area contributed by atoms with E-state index in [1.165, 1.54) is 4.31 Å². The van der Waals surface area contributed by atoms with Crippen LogP contribution in [0.15, 0.2) is 60.7 Å². The van der Waals surface area contributed by atoms with E-state index in [4.69, 9.17) is 4.74 Å². The van der Waals surface area contributed by atoms with Crippen LogP contribution < -0.4 is 9.04 Å². The Labute approximate surface area is 253 Å². The Balaban J connectivity index is 1.74. The molecule has 0 bridgehead atoms. The minimum absolute atomic E-state index is 0.0353. The first-order valence-corrected chi connectivity index (χ1v) is 16.4. The monoisotopic (exact) mass is 620 g/mol. The van der Waals surface area contributed by atoms with Crippen molar-refractivity contribution in [1.29, 1.82) is 0 Å². The molecule has 0 fully saturated rings. The zero-order chi connectivity index (χ0) is 30.6. The van der Waals surface area contributed by atoms with Crippen LogP contribution in [0.25, 0.3) is 33.1 Å². The van der Waals surface area contributed by atoms with Crippen LogP contribution in [-0.2, 0) is 16.6 Å². The largest absolute Gasteiger partial charge is 0.512 e. The van der Waals surface area contributed by atoms with Gasteiger partial charge in [0.05, 0.1) is 40.8 Å². The third-order valence-corrected chi connectivity index (χ3v) is 9.70. The number of sulfonamides is 1. The van der Waals surface area contributed by atoms with Crippen molar-refractivity contribution in [3.63, 3.8) is 0 Å². The Hall–Kier alpha value is -4.29. The highest BCUT2D eigenvalue weighted by Gasteiger charge is 2.26. The van der Waals surface area contributed by atoms with Crippen LogP contribution in [-0.4, -0.2) is 51.6 Å². The van der Waals surface area contributed by atoms with E-state index in [9.17, 15) is 23.1 Å². The number of hydrogen-bond acceptors (Lipinski definition) is 8. The fourth-order valence-electron chi connectivity index (χ4n) is 5.10. The summed E-state index contributed by atoms with van der Waals surface area (Å²) in [5.41, 5.74) is 5.08. The number of ether oxygens (including phenoxy) is 1. The minimum atomic E-state index is -3.60. The first kappa shape index (κ1) is 30.2. The van der Waals surface area contributed by atoms with Gasteiger partial charge in [0.15, 0.2) is 0 Å². The molecule has 10 nitrogen and oxygen atoms in total. The molecule has 1 N–H and O–H groups in total. The summed E-state index contributed by atoms with van der Waals surface area (Å²) < 4.78 is 44.2. The molecule has 0 saturated carbocycles. The number of anilines is 1. The lowest BCUT2D eigenvalue weighted by Gasteiger charge is -2.24. The lowest BCUT2D eigenvalue weighted by molar-refractivity contribution is 0.112. The number of unbranched alkanes of at least 4 members (excludes halogenated alkanes) is 2. The normalized spacial score (nSPS) is 11.7. The van der Waals surface area contributed by atoms with Crippen molar-refractivity contribution in [1.82, 2.24) is 13.3 Å². The number of carbonyl (C=O) groups is 2. The summed E-state index contributed by atoms with van der Waals surface area (Å²) in [6.45, 7) is 4.55. The van der Waals surface area contributed by atoms with E-state index in [-0.39, 0.29) is 18.2 Å². The summed E-state index contributed by atoms with van der Waals surface area (Å²) in [5.74, 6) is 0.122. The second-order valence-corrected chi connectivity index (χ2v) is 12.8. The van der Waals surface area contributed by atoms with Crippen LogP contribution in [0.3, 0.4) is 0 Å². The second-order valence-electron chi connectivity index (χ2n) is 10.3. The first-order chi connectivity index (χ1) is 20.7. The van der Waals surface area contributed by atoms with Gasteiger partial charge >= 0.3 is 6.16 Å². The van der Waals surface area contributed by atoms with Crippen molar-refractivity contribution in [2.45, 2.75) is 46.1 Å². The lowest BCUT2D eigenvalue weighted by Crippen LogP contribution is -2.34. The molecule has 0 saturated heterocycles. The Kier molecular flexibility index (Phi) is 9.07. The quantitative estimate of drug-likeness (QED) is 0.110. The van der Waals surface area contributed by atoms with Crippen molar-refractivity contribution in [3.05, 3.63) is 71.8 Å². The summed E-state index contributed by atoms with van der Waals surface area (Å²) in [5, 5.41) is 10.4. The van der Waals surface area contributed by atoms with Crippen molar-refractivity contribution in [2.75, 3.05) is 16.6 Å². The van der Waals surface area contributed by atoms with E-state index < -0.39 is 16.2 Å². The molecule has 3 aromatic carbocycles. The first-order valence-electron chi connectivity index (χ1n) is 14.1. The molecule has 5 rings (SSSR count). The van der Waals surface area contributed by atoms with Gasteiger partial charge in [-0.2, -0.15) is 8.75 Å². The third kappa shape index (κ3) is 6.40. The Morgan fingerprint density at radius 3 is 2.44 bits per heavy atom. The average molecular weight is 621 g/mol. The zero-order valence-electron chi connectivity index (χ0n) is 23.9. The van der Waals surface area contributed by atoms with Gasteiger partial charge in [0.25, 0.3) is 0 Å². The number of hydrogen-bond donors (Lipinski definition) is 1. The molecule has 2 aromatic heterocycles. The molecule has 12 heteroatoms. The highest BCUT2D eigenvalue weighted by Crippen LogP contribution is 2.43. The molecule has 0 aliphatic heterocycles. The van der Waals surface area contributed by atoms with Gasteiger partial charge in [-0.3, -0.25) is 9.10 Å². The van der Waals surface area contributed by atoms with Gasteiger partial charge in [-0.15, -0.1) is 0 Å². The number of fused-ring (bicyclic) bond motifs is 2. The van der Waals surface area contributed by atoms with Gasteiger partial charge in [0.1, 0.15) is 17.3 Å². The van der Waals surface area contributed by atoms with Gasteiger partial charge in [-0.05, 0) is 54.3 Å². The molecule has 0 aliphatic rings. The SMILES string of the molecule is CCCCN(c1ccc2c(c1)c(-c1ccc(C=O)cc1)c(OC(=O)O)n2Cc1ccc2nsnc2c1)S(=O)(=O)CCCC. The molecule has 5 aromatic rings. The van der Waals surface area contributed by atoms with Gasteiger partial charge in [0, 0.05) is 17.5 Å². The zero-order valence-corrected chi connectivity index (χ0v) is 25.5. The van der Waals surface area contributed by atoms with Crippen LogP contribution in [0.5, 0.6) is 5.88 Å². The maximum absolute atomic E-state index is 13.5. The van der Waals surface area contributed by atoms with Gasteiger partial charge in [-0.1, -0.05) is 57.0 Å². The summed E-state index contributed by atoms with van der Waals surface area (Å²) in [6, 6.07) is 17.8. The van der Waals surface area contributed by atoms with Crippen LogP contribution in [0.2, 0.25) is 0 Å². The number of aldehydes is 1. The van der Waals surface area contributed by atoms with Crippen LogP contribution in [0.1, 0.15) is 55.5 Å². The smallest absolute Gasteiger partial charge is 0.449 e. The van der Waals surface area contributed by atoms with Crippen molar-refractivity contribution in [3.8, 4) is 17.0 Å². The third-order valence-electron chi connectivity index (χ3n) is 7.27. The van der Waals surface area contributed by atoms with Crippen molar-refractivity contribution >= 4 is 61.8 Å². The van der Waals surface area contributed by atoms with Crippen molar-refractivity contribution < 1.29 is 27.9 Å². The summed E-state index contributed by atoms with van der Waals surface area (Å²) in [6.07, 6.45) is 2.06. The van der Waals surface area contributed by atoms with Gasteiger partial charge in [-0.25, -0.2) is 13.2 Å². The number of carbonyl (C=O) groups excluding carboxylic acids is 1. The van der Waals surface area contributed by atoms with E-state index in [2.05, 4.69) is 8.75 Å². The Bertz CT molecular complexity index is 1880. The van der Waals surface area contributed by atoms with Gasteiger partial charge < -0.3 is 14.4 Å². The maximum atomic E-state index is 13.5. The highest BCUT2D eigenvalue weighted by molar-refractivity contribution is 7.92. The fourth-order valence-corrected chi connectivity index (χ4v) is 7.34. The molecule has 0 aliphatic carbocycles. The number of aromatic nitrogens is 3. The molecule has 0 atom stereocenters. The minimum Gasteiger partial charge on any atom is -0.449 e. The number of benzene rings is 3. The fraction of sp³-hybridized carbons (Fsp3) is 0.290. The number of carboxylic acid groups (broad SMARTS) is 1. The molecule has 0 radical (unpaired) electrons. The summed E-state index contributed by atoms with van der Waals surface area (Å²) in [7, 11) is -3.60. The van der Waals surface area contributed by atoms with E-state index in [0.717, 1.165) is 47.5 Å². The molecule has 0 spiro atoms. The van der Waals surface area contributed by atoms with Crippen LogP contribution in [0, 0.1) is 0 Å². The molecule has 0 amide bonds. The van der Waals surface area contributed by atoms with Gasteiger partial charge in [0.2, 0.25) is 15.9 Å². The van der Waals surface area contributed by atoms with E-state index >= 15 is 0 Å². The van der Waals surface area contributed by atoms with Crippen LogP contribution in [0.4, 0.5) is 10.5 Å². The summed E-state index contributed by atoms with van der Waals surface area (Å²) >= 11 is 1.12. The maximum Gasteiger partial charge on any atom is 0.512 e. The molecule has 224 valence electrons. The van der Waals surface area contributed by atoms with E-state index in [1.807, 2.05) is 32.0 Å². The second kappa shape index (κ2) is 12.9. The standard InChI is InChI=1S/C31H32N4O6S2/c1-3-5-15-35(43(39,40)16-6-4-2)24-12-14-28-25(18-24)29(23-10-7-21(20-36)8-11-23)30(41-31(37)38)34(28)19-22-9-13-26-27(17-22)33-42-32-26/h7-14,17-18,20H,3-6,15-16,19H2,1-2H3,(H,37,38). The molecule has 43 heavy (non-hydrogen) atoms. The molecular formula is C31H32N4O6S2. The number of nitrogens with zero attached hydrogens (tertiary/aromatic N) is 4. The van der Waals surface area contributed by atoms with E-state index in [0.29, 0.717) is 52.7 Å². The Morgan fingerprint density at radius 2 is 1.74 bits per heavy atom.